The SMILES string of the molecule is C=C(C)C(=O)CC(O)COCC1OC(=O)CC1(C)C. The molecule has 2 unspecified atom stereocenters. The Bertz CT molecular complexity index is 372. The van der Waals surface area contributed by atoms with Crippen LogP contribution in [0, 0.1) is 5.41 Å². The predicted octanol–water partition coefficient (Wildman–Crippen LogP) is 1.24. The van der Waals surface area contributed by atoms with E-state index in [1.54, 1.807) is 6.92 Å². The lowest BCUT2D eigenvalue weighted by Gasteiger charge is -2.23. The van der Waals surface area contributed by atoms with Crippen LogP contribution in [0.15, 0.2) is 12.2 Å². The van der Waals surface area contributed by atoms with Gasteiger partial charge in [-0.25, -0.2) is 0 Å². The molecule has 0 amide bonds. The molecule has 108 valence electrons. The Morgan fingerprint density at radius 3 is 2.74 bits per heavy atom. The minimum Gasteiger partial charge on any atom is -0.459 e. The summed E-state index contributed by atoms with van der Waals surface area (Å²) in [6, 6.07) is 0. The second kappa shape index (κ2) is 6.30. The first-order chi connectivity index (χ1) is 8.72. The van der Waals surface area contributed by atoms with Gasteiger partial charge in [0.2, 0.25) is 0 Å². The van der Waals surface area contributed by atoms with Gasteiger partial charge < -0.3 is 14.6 Å². The predicted molar refractivity (Wildman–Crippen MR) is 69.5 cm³/mol. The largest absolute Gasteiger partial charge is 0.459 e. The summed E-state index contributed by atoms with van der Waals surface area (Å²) in [5, 5.41) is 9.63. The van der Waals surface area contributed by atoms with Gasteiger partial charge in [0.15, 0.2) is 5.78 Å². The molecule has 0 radical (unpaired) electrons. The van der Waals surface area contributed by atoms with Gasteiger partial charge in [-0.2, -0.15) is 0 Å². The lowest BCUT2D eigenvalue weighted by molar-refractivity contribution is -0.144. The Balaban J connectivity index is 2.29. The van der Waals surface area contributed by atoms with Gasteiger partial charge in [0.05, 0.1) is 25.7 Å². The third-order valence-electron chi connectivity index (χ3n) is 3.22. The zero-order chi connectivity index (χ0) is 14.6. The highest BCUT2D eigenvalue weighted by atomic mass is 16.6. The summed E-state index contributed by atoms with van der Waals surface area (Å²) in [6.45, 7) is 9.28. The average molecular weight is 270 g/mol. The molecule has 1 rings (SSSR count). The molecule has 0 aromatic rings. The number of aliphatic hydroxyl groups excluding tert-OH is 1. The number of ketones is 1. The Labute approximate surface area is 113 Å². The lowest BCUT2D eigenvalue weighted by Crippen LogP contribution is -2.31. The van der Waals surface area contributed by atoms with E-state index in [2.05, 4.69) is 6.58 Å². The van der Waals surface area contributed by atoms with Crippen molar-refractivity contribution in [3.8, 4) is 0 Å². The molecule has 1 aliphatic heterocycles. The van der Waals surface area contributed by atoms with Crippen molar-refractivity contribution < 1.29 is 24.2 Å². The van der Waals surface area contributed by atoms with Crippen LogP contribution >= 0.6 is 0 Å². The Hall–Kier alpha value is -1.20. The summed E-state index contributed by atoms with van der Waals surface area (Å²) in [4.78, 5) is 22.5. The van der Waals surface area contributed by atoms with E-state index in [9.17, 15) is 14.7 Å². The second-order valence-electron chi connectivity index (χ2n) is 5.74. The summed E-state index contributed by atoms with van der Waals surface area (Å²) in [5.41, 5.74) is 0.167. The monoisotopic (exact) mass is 270 g/mol. The molecule has 1 heterocycles. The van der Waals surface area contributed by atoms with Gasteiger partial charge in [0.25, 0.3) is 0 Å². The fraction of sp³-hybridized carbons (Fsp3) is 0.714. The standard InChI is InChI=1S/C14H22O5/c1-9(2)11(16)5-10(15)7-18-8-12-14(3,4)6-13(17)19-12/h10,12,15H,1,5-8H2,2-4H3. The Morgan fingerprint density at radius 1 is 1.63 bits per heavy atom. The maximum absolute atomic E-state index is 11.3. The number of hydrogen-bond acceptors (Lipinski definition) is 5. The first-order valence-corrected chi connectivity index (χ1v) is 6.36. The Kier molecular flexibility index (Phi) is 5.26. The van der Waals surface area contributed by atoms with Crippen LogP contribution in [0.2, 0.25) is 0 Å². The van der Waals surface area contributed by atoms with E-state index >= 15 is 0 Å². The molecule has 1 N–H and O–H groups in total. The minimum atomic E-state index is -0.857. The smallest absolute Gasteiger partial charge is 0.306 e. The van der Waals surface area contributed by atoms with Crippen molar-refractivity contribution in [1.29, 1.82) is 0 Å². The van der Waals surface area contributed by atoms with Gasteiger partial charge in [-0.05, 0) is 12.5 Å². The van der Waals surface area contributed by atoms with E-state index < -0.39 is 6.10 Å². The molecule has 1 aliphatic rings. The zero-order valence-corrected chi connectivity index (χ0v) is 11.8. The highest BCUT2D eigenvalue weighted by molar-refractivity contribution is 5.94. The van der Waals surface area contributed by atoms with Crippen molar-refractivity contribution >= 4 is 11.8 Å². The van der Waals surface area contributed by atoms with Crippen LogP contribution in [0.4, 0.5) is 0 Å². The molecule has 0 spiro atoms. The van der Waals surface area contributed by atoms with Crippen LogP contribution in [-0.4, -0.2) is 42.3 Å². The normalized spacial score (nSPS) is 22.9. The fourth-order valence-electron chi connectivity index (χ4n) is 1.86. The van der Waals surface area contributed by atoms with Crippen LogP contribution in [0.3, 0.4) is 0 Å². The molecule has 1 fully saturated rings. The maximum atomic E-state index is 11.3. The highest BCUT2D eigenvalue weighted by Gasteiger charge is 2.41. The molecule has 0 aliphatic carbocycles. The third-order valence-corrected chi connectivity index (χ3v) is 3.22. The molecular formula is C14H22O5. The van der Waals surface area contributed by atoms with Crippen molar-refractivity contribution in [3.63, 3.8) is 0 Å². The fourth-order valence-corrected chi connectivity index (χ4v) is 1.86. The quantitative estimate of drug-likeness (QED) is 0.556. The van der Waals surface area contributed by atoms with Crippen molar-refractivity contribution in [2.45, 2.75) is 45.8 Å². The van der Waals surface area contributed by atoms with Crippen molar-refractivity contribution in [3.05, 3.63) is 12.2 Å². The summed E-state index contributed by atoms with van der Waals surface area (Å²) < 4.78 is 10.5. The number of rotatable bonds is 7. The zero-order valence-electron chi connectivity index (χ0n) is 11.8. The first kappa shape index (κ1) is 15.9. The van der Waals surface area contributed by atoms with E-state index in [4.69, 9.17) is 9.47 Å². The van der Waals surface area contributed by atoms with Gasteiger partial charge in [0, 0.05) is 11.8 Å². The van der Waals surface area contributed by atoms with Crippen molar-refractivity contribution in [2.75, 3.05) is 13.2 Å². The van der Waals surface area contributed by atoms with Crippen LogP contribution < -0.4 is 0 Å². The number of aliphatic hydroxyl groups is 1. The molecule has 5 nitrogen and oxygen atoms in total. The van der Waals surface area contributed by atoms with E-state index in [0.717, 1.165) is 0 Å². The molecule has 5 heteroatoms. The van der Waals surface area contributed by atoms with Crippen molar-refractivity contribution in [2.24, 2.45) is 5.41 Å². The number of carbonyl (C=O) groups excluding carboxylic acids is 2. The van der Waals surface area contributed by atoms with Gasteiger partial charge in [-0.1, -0.05) is 20.4 Å². The van der Waals surface area contributed by atoms with Crippen LogP contribution in [0.25, 0.3) is 0 Å². The molecule has 0 aromatic carbocycles. The lowest BCUT2D eigenvalue weighted by atomic mass is 9.86. The average Bonchev–Trinajstić information content (AvgIpc) is 2.51. The van der Waals surface area contributed by atoms with Gasteiger partial charge in [0.1, 0.15) is 6.10 Å². The summed E-state index contributed by atoms with van der Waals surface area (Å²) in [6.07, 6.45) is -0.783. The molecule has 0 saturated carbocycles. The highest BCUT2D eigenvalue weighted by Crippen LogP contribution is 2.34. The first-order valence-electron chi connectivity index (χ1n) is 6.36. The van der Waals surface area contributed by atoms with Crippen LogP contribution in [0.1, 0.15) is 33.6 Å². The summed E-state index contributed by atoms with van der Waals surface area (Å²) in [7, 11) is 0. The molecule has 0 aromatic heterocycles. The number of hydrogen-bond donors (Lipinski definition) is 1. The number of ether oxygens (including phenoxy) is 2. The van der Waals surface area contributed by atoms with Gasteiger partial charge in [-0.3, -0.25) is 9.59 Å². The molecule has 1 saturated heterocycles. The van der Waals surface area contributed by atoms with Crippen molar-refractivity contribution in [1.82, 2.24) is 0 Å². The summed E-state index contributed by atoms with van der Waals surface area (Å²) in [5.74, 6) is -0.402. The van der Waals surface area contributed by atoms with Gasteiger partial charge >= 0.3 is 5.97 Å². The number of cyclic esters (lactones) is 1. The van der Waals surface area contributed by atoms with Crippen LogP contribution in [0.5, 0.6) is 0 Å². The molecular weight excluding hydrogens is 248 g/mol. The topological polar surface area (TPSA) is 72.8 Å². The molecule has 0 bridgehead atoms. The number of Topliss-reactive ketones (excluding diaryl/α,β-unsaturated/α-hetero) is 1. The number of carbonyl (C=O) groups is 2. The second-order valence-corrected chi connectivity index (χ2v) is 5.74. The minimum absolute atomic E-state index is 0.00316. The van der Waals surface area contributed by atoms with Gasteiger partial charge in [-0.15, -0.1) is 0 Å². The summed E-state index contributed by atoms with van der Waals surface area (Å²) >= 11 is 0. The van der Waals surface area contributed by atoms with E-state index in [1.807, 2.05) is 13.8 Å². The van der Waals surface area contributed by atoms with E-state index in [-0.39, 0.29) is 42.9 Å². The molecule has 19 heavy (non-hydrogen) atoms. The molecule has 2 atom stereocenters. The third kappa shape index (κ3) is 4.76. The van der Waals surface area contributed by atoms with E-state index in [0.29, 0.717) is 12.0 Å². The Morgan fingerprint density at radius 2 is 2.26 bits per heavy atom. The van der Waals surface area contributed by atoms with Crippen LogP contribution in [-0.2, 0) is 19.1 Å². The number of allylic oxidation sites excluding steroid dienone is 1. The van der Waals surface area contributed by atoms with E-state index in [1.165, 1.54) is 0 Å². The maximum Gasteiger partial charge on any atom is 0.306 e. The number of esters is 1.